The van der Waals surface area contributed by atoms with Gasteiger partial charge in [0.2, 0.25) is 0 Å². The Balaban J connectivity index is 2.55. The molecule has 0 fully saturated rings. The standard InChI is InChI=1S/C12H11BrClN3O/c1-12(2,7-18)17-6-9(14)11(16-17)10-8(13)4-3-5-15-10/h3-7H,1-2H3. The van der Waals surface area contributed by atoms with Crippen LogP contribution in [0.25, 0.3) is 11.4 Å². The molecular weight excluding hydrogens is 318 g/mol. The first-order valence-electron chi connectivity index (χ1n) is 5.28. The lowest BCUT2D eigenvalue weighted by molar-refractivity contribution is -0.114. The van der Waals surface area contributed by atoms with Crippen molar-refractivity contribution in [2.75, 3.05) is 0 Å². The van der Waals surface area contributed by atoms with Gasteiger partial charge < -0.3 is 4.79 Å². The van der Waals surface area contributed by atoms with Gasteiger partial charge in [-0.25, -0.2) is 0 Å². The average molecular weight is 329 g/mol. The minimum Gasteiger partial charge on any atom is -0.301 e. The van der Waals surface area contributed by atoms with Crippen molar-refractivity contribution >= 4 is 33.8 Å². The highest BCUT2D eigenvalue weighted by atomic mass is 79.9. The monoisotopic (exact) mass is 327 g/mol. The molecule has 0 spiro atoms. The summed E-state index contributed by atoms with van der Waals surface area (Å²) in [4.78, 5) is 15.3. The van der Waals surface area contributed by atoms with Crippen molar-refractivity contribution in [2.45, 2.75) is 19.4 Å². The van der Waals surface area contributed by atoms with Crippen molar-refractivity contribution in [1.29, 1.82) is 0 Å². The molecule has 0 unspecified atom stereocenters. The Morgan fingerprint density at radius 3 is 2.78 bits per heavy atom. The zero-order chi connectivity index (χ0) is 13.3. The van der Waals surface area contributed by atoms with Crippen LogP contribution in [-0.2, 0) is 10.3 Å². The molecule has 2 aromatic heterocycles. The van der Waals surface area contributed by atoms with Crippen molar-refractivity contribution in [2.24, 2.45) is 0 Å². The molecule has 0 aliphatic carbocycles. The molecule has 0 aliphatic heterocycles. The van der Waals surface area contributed by atoms with Crippen LogP contribution in [0.5, 0.6) is 0 Å². The van der Waals surface area contributed by atoms with Gasteiger partial charge in [-0.1, -0.05) is 11.6 Å². The van der Waals surface area contributed by atoms with Crippen LogP contribution in [-0.4, -0.2) is 21.1 Å². The third kappa shape index (κ3) is 2.33. The first-order chi connectivity index (χ1) is 8.45. The number of aromatic nitrogens is 3. The lowest BCUT2D eigenvalue weighted by atomic mass is 10.1. The largest absolute Gasteiger partial charge is 0.301 e. The Morgan fingerprint density at radius 1 is 1.44 bits per heavy atom. The molecule has 0 radical (unpaired) electrons. The van der Waals surface area contributed by atoms with Crippen molar-refractivity contribution in [1.82, 2.24) is 14.8 Å². The topological polar surface area (TPSA) is 47.8 Å². The highest BCUT2D eigenvalue weighted by Gasteiger charge is 2.23. The number of hydrogen-bond acceptors (Lipinski definition) is 3. The smallest absolute Gasteiger partial charge is 0.147 e. The number of aldehydes is 1. The minimum atomic E-state index is -0.733. The van der Waals surface area contributed by atoms with Gasteiger partial charge in [-0.2, -0.15) is 5.10 Å². The predicted octanol–water partition coefficient (Wildman–Crippen LogP) is 3.30. The van der Waals surface area contributed by atoms with Crippen LogP contribution in [0.4, 0.5) is 0 Å². The summed E-state index contributed by atoms with van der Waals surface area (Å²) in [6.45, 7) is 3.53. The van der Waals surface area contributed by atoms with Crippen LogP contribution in [0.1, 0.15) is 13.8 Å². The second-order valence-corrected chi connectivity index (χ2v) is 5.64. The third-order valence-electron chi connectivity index (χ3n) is 2.53. The summed E-state index contributed by atoms with van der Waals surface area (Å²) in [6.07, 6.45) is 4.13. The molecule has 2 heterocycles. The predicted molar refractivity (Wildman–Crippen MR) is 73.6 cm³/mol. The van der Waals surface area contributed by atoms with Crippen LogP contribution in [0, 0.1) is 0 Å². The molecular formula is C12H11BrClN3O. The molecule has 18 heavy (non-hydrogen) atoms. The molecule has 0 bridgehead atoms. The van der Waals surface area contributed by atoms with Crippen molar-refractivity contribution in [3.63, 3.8) is 0 Å². The zero-order valence-electron chi connectivity index (χ0n) is 9.89. The van der Waals surface area contributed by atoms with E-state index in [1.54, 1.807) is 30.9 Å². The van der Waals surface area contributed by atoms with E-state index < -0.39 is 5.54 Å². The van der Waals surface area contributed by atoms with E-state index >= 15 is 0 Å². The molecule has 0 saturated carbocycles. The van der Waals surface area contributed by atoms with Gasteiger partial charge >= 0.3 is 0 Å². The molecule has 94 valence electrons. The third-order valence-corrected chi connectivity index (χ3v) is 3.45. The fourth-order valence-electron chi connectivity index (χ4n) is 1.42. The number of nitrogens with zero attached hydrogens (tertiary/aromatic N) is 3. The van der Waals surface area contributed by atoms with E-state index in [9.17, 15) is 4.79 Å². The number of carbonyl (C=O) groups is 1. The van der Waals surface area contributed by atoms with Gasteiger partial charge in [-0.3, -0.25) is 9.67 Å². The lowest BCUT2D eigenvalue weighted by Crippen LogP contribution is -2.28. The molecule has 0 aromatic carbocycles. The van der Waals surface area contributed by atoms with Gasteiger partial charge in [0.05, 0.1) is 5.02 Å². The second-order valence-electron chi connectivity index (χ2n) is 4.38. The summed E-state index contributed by atoms with van der Waals surface area (Å²) in [5.41, 5.74) is 0.477. The maximum atomic E-state index is 11.0. The number of hydrogen-bond donors (Lipinski definition) is 0. The maximum absolute atomic E-state index is 11.0. The van der Waals surface area contributed by atoms with E-state index in [2.05, 4.69) is 26.0 Å². The molecule has 0 aliphatic rings. The first-order valence-corrected chi connectivity index (χ1v) is 6.45. The summed E-state index contributed by atoms with van der Waals surface area (Å²) in [5, 5.41) is 4.81. The van der Waals surface area contributed by atoms with Crippen molar-refractivity contribution in [3.05, 3.63) is 34.0 Å². The van der Waals surface area contributed by atoms with E-state index in [-0.39, 0.29) is 0 Å². The number of rotatable bonds is 3. The Labute approximate surface area is 118 Å². The van der Waals surface area contributed by atoms with Crippen LogP contribution in [0.3, 0.4) is 0 Å². The average Bonchev–Trinajstić information content (AvgIpc) is 2.73. The maximum Gasteiger partial charge on any atom is 0.147 e. The number of pyridine rings is 1. The fraction of sp³-hybridized carbons (Fsp3) is 0.250. The van der Waals surface area contributed by atoms with Crippen molar-refractivity contribution < 1.29 is 4.79 Å². The van der Waals surface area contributed by atoms with Gasteiger partial charge in [-0.15, -0.1) is 0 Å². The Bertz CT molecular complexity index is 595. The van der Waals surface area contributed by atoms with Crippen LogP contribution in [0.2, 0.25) is 5.02 Å². The number of carbonyl (C=O) groups excluding carboxylic acids is 1. The van der Waals surface area contributed by atoms with Crippen LogP contribution in [0.15, 0.2) is 29.0 Å². The van der Waals surface area contributed by atoms with E-state index in [4.69, 9.17) is 11.6 Å². The highest BCUT2D eigenvalue weighted by molar-refractivity contribution is 9.10. The summed E-state index contributed by atoms with van der Waals surface area (Å²) in [7, 11) is 0. The van der Waals surface area contributed by atoms with Gasteiger partial charge in [0.25, 0.3) is 0 Å². The Morgan fingerprint density at radius 2 is 2.17 bits per heavy atom. The van der Waals surface area contributed by atoms with Gasteiger partial charge in [-0.05, 0) is 41.9 Å². The molecule has 0 saturated heterocycles. The van der Waals surface area contributed by atoms with E-state index in [1.807, 2.05) is 12.1 Å². The minimum absolute atomic E-state index is 0.462. The number of halogens is 2. The summed E-state index contributed by atoms with van der Waals surface area (Å²) in [5.74, 6) is 0. The molecule has 4 nitrogen and oxygen atoms in total. The Hall–Kier alpha value is -1.20. The summed E-state index contributed by atoms with van der Waals surface area (Å²) >= 11 is 9.56. The molecule has 2 rings (SSSR count). The normalized spacial score (nSPS) is 11.6. The molecule has 0 amide bonds. The first kappa shape index (κ1) is 13.2. The molecule has 6 heteroatoms. The Kier molecular flexibility index (Phi) is 3.54. The van der Waals surface area contributed by atoms with E-state index in [1.165, 1.54) is 0 Å². The SMILES string of the molecule is CC(C)(C=O)n1cc(Cl)c(-c2ncccc2Br)n1. The molecule has 0 atom stereocenters. The summed E-state index contributed by atoms with van der Waals surface area (Å²) in [6, 6.07) is 3.68. The fourth-order valence-corrected chi connectivity index (χ4v) is 2.09. The quantitative estimate of drug-likeness (QED) is 0.812. The molecule has 2 aromatic rings. The van der Waals surface area contributed by atoms with Crippen LogP contribution >= 0.6 is 27.5 Å². The second kappa shape index (κ2) is 4.82. The highest BCUT2D eigenvalue weighted by Crippen LogP contribution is 2.31. The van der Waals surface area contributed by atoms with E-state index in [0.29, 0.717) is 16.4 Å². The summed E-state index contributed by atoms with van der Waals surface area (Å²) < 4.78 is 2.35. The van der Waals surface area contributed by atoms with Crippen LogP contribution < -0.4 is 0 Å². The van der Waals surface area contributed by atoms with Gasteiger partial charge in [0, 0.05) is 16.9 Å². The van der Waals surface area contributed by atoms with Gasteiger partial charge in [0.1, 0.15) is 23.2 Å². The lowest BCUT2D eigenvalue weighted by Gasteiger charge is -2.16. The van der Waals surface area contributed by atoms with E-state index in [0.717, 1.165) is 10.8 Å². The van der Waals surface area contributed by atoms with Crippen molar-refractivity contribution in [3.8, 4) is 11.4 Å². The molecule has 0 N–H and O–H groups in total. The van der Waals surface area contributed by atoms with Gasteiger partial charge in [0.15, 0.2) is 0 Å². The zero-order valence-corrected chi connectivity index (χ0v) is 12.2.